The Hall–Kier alpha value is 0.508. The first-order chi connectivity index (χ1) is 18.2. The van der Waals surface area contributed by atoms with Crippen LogP contribution in [0.1, 0.15) is 83.1 Å². The minimum absolute atomic E-state index is 0.0239. The Balaban J connectivity index is 6.76. The maximum atomic E-state index is 7.34. The predicted octanol–water partition coefficient (Wildman–Crippen LogP) is 6.03. The van der Waals surface area contributed by atoms with E-state index >= 15 is 0 Å². The fourth-order valence-electron chi connectivity index (χ4n) is 3.74. The maximum Gasteiger partial charge on any atom is 0.355 e. The van der Waals surface area contributed by atoms with Crippen molar-refractivity contribution in [1.82, 2.24) is 0 Å². The summed E-state index contributed by atoms with van der Waals surface area (Å²) in [5, 5.41) is 0. The van der Waals surface area contributed by atoms with Gasteiger partial charge in [0.15, 0.2) is 0 Å². The van der Waals surface area contributed by atoms with Crippen molar-refractivity contribution in [2.45, 2.75) is 132 Å². The second kappa shape index (κ2) is 18.9. The summed E-state index contributed by atoms with van der Waals surface area (Å²) in [6.45, 7) is 24.7. The summed E-state index contributed by atoms with van der Waals surface area (Å²) in [6.07, 6.45) is 1.78. The lowest BCUT2D eigenvalue weighted by Gasteiger charge is -2.46. The van der Waals surface area contributed by atoms with Crippen LogP contribution in [0.15, 0.2) is 0 Å². The summed E-state index contributed by atoms with van der Waals surface area (Å²) < 4.78 is 58.6. The van der Waals surface area contributed by atoms with Crippen LogP contribution >= 0.6 is 0 Å². The third-order valence-electron chi connectivity index (χ3n) is 6.56. The van der Waals surface area contributed by atoms with Crippen molar-refractivity contribution in [2.75, 3.05) is 39.1 Å². The van der Waals surface area contributed by atoms with E-state index in [4.69, 9.17) is 40.1 Å². The summed E-state index contributed by atoms with van der Waals surface area (Å²) in [5.41, 5.74) is 0. The molecule has 9 nitrogen and oxygen atoms in total. The SMILES string of the molecule is CC[Si](COC(C)C)(OC)O[Si](CC)(COC(C)C)O[Si](CC)(COC(C)C)O[Si](CC)(COC(C)C)OC. The van der Waals surface area contributed by atoms with Gasteiger partial charge in [-0.15, -0.1) is 0 Å². The molecule has 0 amide bonds. The standard InChI is InChI=1S/C26H62O9Si4/c1-15-36(27-13,19-29-23(5)6)33-38(17-3,21-31-25(9)10)35-39(18-4,22-32-26(11)12)34-37(16-2,28-14)20-30-24(7)8/h23-26H,15-22H2,1-14H3. The Kier molecular flexibility index (Phi) is 19.2. The van der Waals surface area contributed by atoms with Gasteiger partial charge in [0, 0.05) is 14.2 Å². The van der Waals surface area contributed by atoms with Crippen molar-refractivity contribution in [3.05, 3.63) is 0 Å². The summed E-state index contributed by atoms with van der Waals surface area (Å²) >= 11 is 0. The number of hydrogen-bond acceptors (Lipinski definition) is 9. The molecule has 0 aliphatic carbocycles. The molecule has 0 N–H and O–H groups in total. The molecular formula is C26H62O9Si4. The molecule has 4 atom stereocenters. The van der Waals surface area contributed by atoms with Crippen molar-refractivity contribution in [3.8, 4) is 0 Å². The van der Waals surface area contributed by atoms with Crippen molar-refractivity contribution in [3.63, 3.8) is 0 Å². The molecule has 4 unspecified atom stereocenters. The average Bonchev–Trinajstić information content (AvgIpc) is 2.90. The van der Waals surface area contributed by atoms with E-state index in [1.807, 2.05) is 55.4 Å². The largest absolute Gasteiger partial charge is 0.413 e. The first-order valence-corrected chi connectivity index (χ1v) is 23.7. The van der Waals surface area contributed by atoms with Crippen LogP contribution in [0.25, 0.3) is 0 Å². The lowest BCUT2D eigenvalue weighted by atomic mass is 10.5. The van der Waals surface area contributed by atoms with Crippen LogP contribution in [-0.4, -0.2) is 97.8 Å². The fourth-order valence-corrected chi connectivity index (χ4v) is 22.5. The van der Waals surface area contributed by atoms with E-state index < -0.39 is 34.2 Å². The number of ether oxygens (including phenoxy) is 4. The van der Waals surface area contributed by atoms with Crippen molar-refractivity contribution in [2.24, 2.45) is 0 Å². The maximum absolute atomic E-state index is 7.34. The van der Waals surface area contributed by atoms with Gasteiger partial charge in [0.2, 0.25) is 0 Å². The zero-order chi connectivity index (χ0) is 30.3. The molecule has 0 aliphatic rings. The Morgan fingerprint density at radius 2 is 0.590 bits per heavy atom. The zero-order valence-electron chi connectivity index (χ0n) is 27.6. The smallest absolute Gasteiger partial charge is 0.355 e. The molecule has 13 heteroatoms. The van der Waals surface area contributed by atoms with Crippen LogP contribution in [0.2, 0.25) is 24.2 Å². The molecular weight excluding hydrogens is 569 g/mol. The Labute approximate surface area is 244 Å². The van der Waals surface area contributed by atoms with E-state index in [2.05, 4.69) is 27.7 Å². The molecule has 0 fully saturated rings. The van der Waals surface area contributed by atoms with Gasteiger partial charge in [-0.3, -0.25) is 0 Å². The highest BCUT2D eigenvalue weighted by atomic mass is 28.5. The summed E-state index contributed by atoms with van der Waals surface area (Å²) in [5.74, 6) is 0. The van der Waals surface area contributed by atoms with Crippen LogP contribution in [0.5, 0.6) is 0 Å². The third kappa shape index (κ3) is 14.0. The lowest BCUT2D eigenvalue weighted by Crippen LogP contribution is -2.68. The van der Waals surface area contributed by atoms with Crippen molar-refractivity contribution in [1.29, 1.82) is 0 Å². The quantitative estimate of drug-likeness (QED) is 0.119. The molecule has 0 aliphatic heterocycles. The minimum atomic E-state index is -3.06. The van der Waals surface area contributed by atoms with Crippen molar-refractivity contribution >= 4 is 34.2 Å². The molecule has 0 radical (unpaired) electrons. The number of hydrogen-bond donors (Lipinski definition) is 0. The van der Waals surface area contributed by atoms with E-state index in [0.29, 0.717) is 37.0 Å². The normalized spacial score (nSPS) is 18.9. The molecule has 236 valence electrons. The first kappa shape index (κ1) is 39.5. The van der Waals surface area contributed by atoms with Crippen molar-refractivity contribution < 1.29 is 40.1 Å². The van der Waals surface area contributed by atoms with Crippen LogP contribution in [-0.2, 0) is 40.1 Å². The second-order valence-electron chi connectivity index (χ2n) is 11.2. The fraction of sp³-hybridized carbons (Fsp3) is 1.00. The van der Waals surface area contributed by atoms with Gasteiger partial charge in [-0.25, -0.2) is 0 Å². The van der Waals surface area contributed by atoms with E-state index in [-0.39, 0.29) is 24.4 Å². The Bertz CT molecular complexity index is 583. The zero-order valence-corrected chi connectivity index (χ0v) is 31.6. The lowest BCUT2D eigenvalue weighted by molar-refractivity contribution is 0.0583. The van der Waals surface area contributed by atoms with Gasteiger partial charge in [-0.2, -0.15) is 0 Å². The van der Waals surface area contributed by atoms with Gasteiger partial charge in [0.25, 0.3) is 0 Å². The van der Waals surface area contributed by atoms with Gasteiger partial charge < -0.3 is 40.1 Å². The van der Waals surface area contributed by atoms with E-state index in [9.17, 15) is 0 Å². The monoisotopic (exact) mass is 630 g/mol. The molecule has 0 saturated heterocycles. The van der Waals surface area contributed by atoms with Gasteiger partial charge in [-0.05, 0) is 79.6 Å². The van der Waals surface area contributed by atoms with Crippen LogP contribution < -0.4 is 0 Å². The molecule has 0 heterocycles. The van der Waals surface area contributed by atoms with Gasteiger partial charge in [-0.1, -0.05) is 27.7 Å². The van der Waals surface area contributed by atoms with Gasteiger partial charge in [0.05, 0.1) is 49.3 Å². The highest BCUT2D eigenvalue weighted by molar-refractivity contribution is 6.89. The second-order valence-corrected chi connectivity index (χ2v) is 25.7. The summed E-state index contributed by atoms with van der Waals surface area (Å²) in [7, 11) is -8.24. The summed E-state index contributed by atoms with van der Waals surface area (Å²) in [4.78, 5) is 0. The molecule has 0 rings (SSSR count). The highest BCUT2D eigenvalue weighted by Crippen LogP contribution is 2.32. The van der Waals surface area contributed by atoms with E-state index in [1.165, 1.54) is 0 Å². The molecule has 0 aromatic heterocycles. The summed E-state index contributed by atoms with van der Waals surface area (Å²) in [6, 6.07) is 2.81. The molecule has 0 spiro atoms. The van der Waals surface area contributed by atoms with E-state index in [0.717, 1.165) is 12.1 Å². The third-order valence-corrected chi connectivity index (χ3v) is 23.7. The van der Waals surface area contributed by atoms with Crippen LogP contribution in [0.4, 0.5) is 0 Å². The predicted molar refractivity (Wildman–Crippen MR) is 167 cm³/mol. The average molecular weight is 631 g/mol. The Morgan fingerprint density at radius 1 is 0.385 bits per heavy atom. The Morgan fingerprint density at radius 3 is 0.769 bits per heavy atom. The molecule has 0 bridgehead atoms. The minimum Gasteiger partial charge on any atom is -0.413 e. The molecule has 0 aromatic carbocycles. The highest BCUT2D eigenvalue weighted by Gasteiger charge is 2.56. The molecule has 39 heavy (non-hydrogen) atoms. The molecule has 0 aromatic rings. The topological polar surface area (TPSA) is 83.1 Å². The van der Waals surface area contributed by atoms with Crippen LogP contribution in [0.3, 0.4) is 0 Å². The van der Waals surface area contributed by atoms with E-state index in [1.54, 1.807) is 14.2 Å². The first-order valence-electron chi connectivity index (χ1n) is 14.8. The number of rotatable bonds is 24. The molecule has 0 saturated carbocycles. The van der Waals surface area contributed by atoms with Crippen LogP contribution in [0, 0.1) is 0 Å². The van der Waals surface area contributed by atoms with Gasteiger partial charge >= 0.3 is 34.2 Å². The van der Waals surface area contributed by atoms with Gasteiger partial charge in [0.1, 0.15) is 0 Å².